The minimum atomic E-state index is 0.567. The molecule has 0 saturated carbocycles. The Hall–Kier alpha value is -2.23. The number of hydrazone groups is 1. The van der Waals surface area contributed by atoms with Crippen LogP contribution in [0.3, 0.4) is 0 Å². The number of hydrogen-bond donors (Lipinski definition) is 1. The molecule has 1 aromatic carbocycles. The summed E-state index contributed by atoms with van der Waals surface area (Å²) in [7, 11) is 0. The first-order chi connectivity index (χ1) is 10.6. The van der Waals surface area contributed by atoms with Crippen molar-refractivity contribution in [2.75, 3.05) is 5.43 Å². The number of rotatable bonds is 6. The summed E-state index contributed by atoms with van der Waals surface area (Å²) in [5.74, 6) is 0.567. The number of anilines is 1. The van der Waals surface area contributed by atoms with Crippen molar-refractivity contribution in [3.8, 4) is 0 Å². The standard InChI is InChI=1S/C18H24N4/c1-5-6-7-17-12-14(3)19-18(20-17)22-21-15(4)16-10-8-13(2)9-11-16/h8-12H,5-7H2,1-4H3,(H,19,20,22). The van der Waals surface area contributed by atoms with Gasteiger partial charge in [-0.1, -0.05) is 43.2 Å². The van der Waals surface area contributed by atoms with Crippen molar-refractivity contribution in [3.05, 3.63) is 52.8 Å². The third-order valence-electron chi connectivity index (χ3n) is 3.49. The van der Waals surface area contributed by atoms with Crippen LogP contribution >= 0.6 is 0 Å². The number of aromatic nitrogens is 2. The third kappa shape index (κ3) is 4.65. The smallest absolute Gasteiger partial charge is 0.243 e. The zero-order chi connectivity index (χ0) is 15.9. The minimum Gasteiger partial charge on any atom is -0.245 e. The molecule has 0 radical (unpaired) electrons. The number of aryl methyl sites for hydroxylation is 3. The Kier molecular flexibility index (Phi) is 5.64. The number of benzene rings is 1. The maximum atomic E-state index is 4.52. The Morgan fingerprint density at radius 2 is 1.86 bits per heavy atom. The predicted molar refractivity (Wildman–Crippen MR) is 92.4 cm³/mol. The first-order valence-electron chi connectivity index (χ1n) is 7.80. The fourth-order valence-electron chi connectivity index (χ4n) is 2.16. The van der Waals surface area contributed by atoms with Crippen molar-refractivity contribution in [3.63, 3.8) is 0 Å². The molecule has 0 unspecified atom stereocenters. The van der Waals surface area contributed by atoms with E-state index in [9.17, 15) is 0 Å². The molecule has 0 saturated heterocycles. The summed E-state index contributed by atoms with van der Waals surface area (Å²) >= 11 is 0. The van der Waals surface area contributed by atoms with Gasteiger partial charge in [0, 0.05) is 11.4 Å². The summed E-state index contributed by atoms with van der Waals surface area (Å²) in [5.41, 5.74) is 8.27. The second kappa shape index (κ2) is 7.69. The number of nitrogens with zero attached hydrogens (tertiary/aromatic N) is 3. The highest BCUT2D eigenvalue weighted by molar-refractivity contribution is 5.99. The number of nitrogens with one attached hydrogen (secondary N) is 1. The highest BCUT2D eigenvalue weighted by Gasteiger charge is 2.02. The van der Waals surface area contributed by atoms with Crippen LogP contribution in [0.4, 0.5) is 5.95 Å². The molecule has 0 fully saturated rings. The highest BCUT2D eigenvalue weighted by atomic mass is 15.4. The fraction of sp³-hybridized carbons (Fsp3) is 0.389. The molecular weight excluding hydrogens is 272 g/mol. The lowest BCUT2D eigenvalue weighted by atomic mass is 10.1. The zero-order valence-electron chi connectivity index (χ0n) is 13.8. The molecule has 1 heterocycles. The van der Waals surface area contributed by atoms with Gasteiger partial charge in [0.1, 0.15) is 0 Å². The molecule has 22 heavy (non-hydrogen) atoms. The first-order valence-corrected chi connectivity index (χ1v) is 7.80. The van der Waals surface area contributed by atoms with Gasteiger partial charge in [-0.3, -0.25) is 0 Å². The molecule has 0 amide bonds. The van der Waals surface area contributed by atoms with Crippen LogP contribution in [0.1, 0.15) is 49.2 Å². The van der Waals surface area contributed by atoms with E-state index in [1.54, 1.807) is 0 Å². The van der Waals surface area contributed by atoms with E-state index in [0.717, 1.165) is 41.9 Å². The Bertz CT molecular complexity index is 645. The molecule has 1 aromatic heterocycles. The molecule has 0 aliphatic rings. The van der Waals surface area contributed by atoms with E-state index in [1.807, 2.05) is 19.9 Å². The molecular formula is C18H24N4. The van der Waals surface area contributed by atoms with Gasteiger partial charge in [0.15, 0.2) is 0 Å². The van der Waals surface area contributed by atoms with Gasteiger partial charge in [0.2, 0.25) is 5.95 Å². The highest BCUT2D eigenvalue weighted by Crippen LogP contribution is 2.09. The van der Waals surface area contributed by atoms with Gasteiger partial charge in [0.05, 0.1) is 5.71 Å². The van der Waals surface area contributed by atoms with Crippen molar-refractivity contribution in [2.24, 2.45) is 5.10 Å². The SMILES string of the molecule is CCCCc1cc(C)nc(NN=C(C)c2ccc(C)cc2)n1. The Morgan fingerprint density at radius 1 is 1.14 bits per heavy atom. The largest absolute Gasteiger partial charge is 0.245 e. The minimum absolute atomic E-state index is 0.567. The Morgan fingerprint density at radius 3 is 2.55 bits per heavy atom. The normalized spacial score (nSPS) is 11.5. The summed E-state index contributed by atoms with van der Waals surface area (Å²) in [6.07, 6.45) is 3.28. The number of hydrogen-bond acceptors (Lipinski definition) is 4. The molecule has 116 valence electrons. The molecule has 0 bridgehead atoms. The lowest BCUT2D eigenvalue weighted by Gasteiger charge is -2.06. The van der Waals surface area contributed by atoms with Crippen LogP contribution in [-0.4, -0.2) is 15.7 Å². The van der Waals surface area contributed by atoms with Crippen LogP contribution in [0, 0.1) is 13.8 Å². The van der Waals surface area contributed by atoms with Crippen molar-refractivity contribution < 1.29 is 0 Å². The average molecular weight is 296 g/mol. The summed E-state index contributed by atoms with van der Waals surface area (Å²) in [6, 6.07) is 10.3. The van der Waals surface area contributed by atoms with Crippen molar-refractivity contribution in [1.82, 2.24) is 9.97 Å². The number of unbranched alkanes of at least 4 members (excludes halogenated alkanes) is 1. The van der Waals surface area contributed by atoms with E-state index in [2.05, 4.69) is 58.6 Å². The second-order valence-corrected chi connectivity index (χ2v) is 5.60. The van der Waals surface area contributed by atoms with E-state index >= 15 is 0 Å². The van der Waals surface area contributed by atoms with E-state index in [-0.39, 0.29) is 0 Å². The van der Waals surface area contributed by atoms with E-state index in [4.69, 9.17) is 0 Å². The monoisotopic (exact) mass is 296 g/mol. The summed E-state index contributed by atoms with van der Waals surface area (Å²) in [4.78, 5) is 8.91. The summed E-state index contributed by atoms with van der Waals surface area (Å²) in [6.45, 7) is 8.22. The Labute approximate surface area is 132 Å². The van der Waals surface area contributed by atoms with Gasteiger partial charge < -0.3 is 0 Å². The Balaban J connectivity index is 2.11. The van der Waals surface area contributed by atoms with Gasteiger partial charge in [-0.25, -0.2) is 15.4 Å². The lowest BCUT2D eigenvalue weighted by molar-refractivity contribution is 0.772. The van der Waals surface area contributed by atoms with Crippen LogP contribution in [-0.2, 0) is 6.42 Å². The van der Waals surface area contributed by atoms with Gasteiger partial charge in [-0.2, -0.15) is 5.10 Å². The molecule has 0 aliphatic heterocycles. The average Bonchev–Trinajstić information content (AvgIpc) is 2.51. The van der Waals surface area contributed by atoms with Gasteiger partial charge >= 0.3 is 0 Å². The molecule has 4 nitrogen and oxygen atoms in total. The van der Waals surface area contributed by atoms with Crippen LogP contribution in [0.15, 0.2) is 35.4 Å². The first kappa shape index (κ1) is 16.1. The molecule has 0 spiro atoms. The maximum absolute atomic E-state index is 4.52. The van der Waals surface area contributed by atoms with E-state index in [0.29, 0.717) is 5.95 Å². The van der Waals surface area contributed by atoms with Crippen molar-refractivity contribution in [2.45, 2.75) is 47.0 Å². The fourth-order valence-corrected chi connectivity index (χ4v) is 2.16. The van der Waals surface area contributed by atoms with E-state index < -0.39 is 0 Å². The topological polar surface area (TPSA) is 50.2 Å². The van der Waals surface area contributed by atoms with Crippen LogP contribution in [0.5, 0.6) is 0 Å². The van der Waals surface area contributed by atoms with Crippen LogP contribution in [0.2, 0.25) is 0 Å². The summed E-state index contributed by atoms with van der Waals surface area (Å²) < 4.78 is 0. The van der Waals surface area contributed by atoms with Crippen LogP contribution in [0.25, 0.3) is 0 Å². The quantitative estimate of drug-likeness (QED) is 0.639. The van der Waals surface area contributed by atoms with E-state index in [1.165, 1.54) is 5.56 Å². The third-order valence-corrected chi connectivity index (χ3v) is 3.49. The van der Waals surface area contributed by atoms with Crippen molar-refractivity contribution in [1.29, 1.82) is 0 Å². The van der Waals surface area contributed by atoms with Gasteiger partial charge in [-0.05, 0) is 45.2 Å². The van der Waals surface area contributed by atoms with Gasteiger partial charge in [0.25, 0.3) is 0 Å². The van der Waals surface area contributed by atoms with Gasteiger partial charge in [-0.15, -0.1) is 0 Å². The summed E-state index contributed by atoms with van der Waals surface area (Å²) in [5, 5.41) is 4.40. The lowest BCUT2D eigenvalue weighted by Crippen LogP contribution is -2.05. The molecule has 2 aromatic rings. The van der Waals surface area contributed by atoms with Crippen LogP contribution < -0.4 is 5.43 Å². The zero-order valence-corrected chi connectivity index (χ0v) is 13.8. The maximum Gasteiger partial charge on any atom is 0.243 e. The molecule has 0 aliphatic carbocycles. The predicted octanol–water partition coefficient (Wildman–Crippen LogP) is 4.27. The second-order valence-electron chi connectivity index (χ2n) is 5.60. The molecule has 0 atom stereocenters. The molecule has 1 N–H and O–H groups in total. The van der Waals surface area contributed by atoms with Crippen molar-refractivity contribution >= 4 is 11.7 Å². The molecule has 4 heteroatoms. The molecule has 2 rings (SSSR count).